The molecular formula is C20H21F2N3O5. The Labute approximate surface area is 170 Å². The van der Waals surface area contributed by atoms with Crippen molar-refractivity contribution >= 4 is 11.7 Å². The number of carbonyl (C=O) groups excluding carboxylic acids is 2. The number of aryl methyl sites for hydroxylation is 1. The maximum Gasteiger partial charge on any atom is 0.288 e. The van der Waals surface area contributed by atoms with Gasteiger partial charge in [-0.25, -0.2) is 13.8 Å². The lowest BCUT2D eigenvalue weighted by Crippen LogP contribution is -2.52. The van der Waals surface area contributed by atoms with E-state index in [9.17, 15) is 28.3 Å². The molecule has 2 aromatic rings. The number of ketones is 1. The molecule has 0 saturated heterocycles. The normalized spacial score (nSPS) is 14.1. The highest BCUT2D eigenvalue weighted by molar-refractivity contribution is 5.99. The first-order chi connectivity index (χ1) is 14.2. The largest absolute Gasteiger partial charge is 0.503 e. The molecule has 1 aliphatic heterocycles. The second-order valence-electron chi connectivity index (χ2n) is 6.92. The third-order valence-electron chi connectivity index (χ3n) is 4.91. The summed E-state index contributed by atoms with van der Waals surface area (Å²) in [6.45, 7) is 0.604. The summed E-state index contributed by atoms with van der Waals surface area (Å²) in [5.41, 5.74) is -1.34. The van der Waals surface area contributed by atoms with Gasteiger partial charge in [0.15, 0.2) is 17.2 Å². The van der Waals surface area contributed by atoms with Gasteiger partial charge in [0.1, 0.15) is 11.6 Å². The monoisotopic (exact) mass is 421 g/mol. The predicted molar refractivity (Wildman–Crippen MR) is 102 cm³/mol. The average Bonchev–Trinajstić information content (AvgIpc) is 2.69. The van der Waals surface area contributed by atoms with Crippen molar-refractivity contribution in [3.05, 3.63) is 63.1 Å². The van der Waals surface area contributed by atoms with Crippen molar-refractivity contribution in [3.8, 4) is 5.75 Å². The van der Waals surface area contributed by atoms with Crippen LogP contribution in [0.3, 0.4) is 0 Å². The van der Waals surface area contributed by atoms with Gasteiger partial charge in [-0.1, -0.05) is 6.07 Å². The van der Waals surface area contributed by atoms with Gasteiger partial charge in [-0.2, -0.15) is 0 Å². The molecule has 10 heteroatoms. The number of hydrogen-bond donors (Lipinski definition) is 1. The number of halogens is 2. The van der Waals surface area contributed by atoms with Crippen LogP contribution < -0.4 is 5.43 Å². The molecule has 30 heavy (non-hydrogen) atoms. The molecule has 0 bridgehead atoms. The lowest BCUT2D eigenvalue weighted by atomic mass is 10.0. The van der Waals surface area contributed by atoms with Crippen LogP contribution >= 0.6 is 0 Å². The molecule has 8 nitrogen and oxygen atoms in total. The zero-order chi connectivity index (χ0) is 22.0. The van der Waals surface area contributed by atoms with Crippen molar-refractivity contribution < 1.29 is 28.2 Å². The van der Waals surface area contributed by atoms with E-state index in [4.69, 9.17) is 4.74 Å². The maximum absolute atomic E-state index is 13.8. The Morgan fingerprint density at radius 1 is 1.27 bits per heavy atom. The van der Waals surface area contributed by atoms with E-state index >= 15 is 0 Å². The highest BCUT2D eigenvalue weighted by atomic mass is 19.1. The molecule has 1 aliphatic rings. The maximum atomic E-state index is 13.8. The fourth-order valence-corrected chi connectivity index (χ4v) is 3.32. The first-order valence-electron chi connectivity index (χ1n) is 9.20. The number of fused-ring (bicyclic) bond motifs is 1. The predicted octanol–water partition coefficient (Wildman–Crippen LogP) is 1.55. The van der Waals surface area contributed by atoms with E-state index in [1.54, 1.807) is 12.1 Å². The Hall–Kier alpha value is -3.11. The van der Waals surface area contributed by atoms with E-state index in [2.05, 4.69) is 0 Å². The summed E-state index contributed by atoms with van der Waals surface area (Å²) >= 11 is 0. The minimum Gasteiger partial charge on any atom is -0.503 e. The number of amides is 1. The highest BCUT2D eigenvalue weighted by Crippen LogP contribution is 2.23. The van der Waals surface area contributed by atoms with Crippen LogP contribution in [-0.4, -0.2) is 58.7 Å². The van der Waals surface area contributed by atoms with Gasteiger partial charge < -0.3 is 14.4 Å². The van der Waals surface area contributed by atoms with Gasteiger partial charge in [-0.05, 0) is 18.1 Å². The third kappa shape index (κ3) is 4.10. The third-order valence-corrected chi connectivity index (χ3v) is 4.91. The van der Waals surface area contributed by atoms with E-state index in [0.29, 0.717) is 0 Å². The number of pyridine rings is 1. The number of aromatic hydroxyl groups is 1. The lowest BCUT2D eigenvalue weighted by Gasteiger charge is -2.37. The number of aromatic nitrogens is 1. The van der Waals surface area contributed by atoms with Gasteiger partial charge in [-0.15, -0.1) is 0 Å². The summed E-state index contributed by atoms with van der Waals surface area (Å²) in [5, 5.41) is 13.2. The van der Waals surface area contributed by atoms with Crippen LogP contribution in [0.2, 0.25) is 0 Å². The van der Waals surface area contributed by atoms with E-state index in [1.165, 1.54) is 28.9 Å². The molecule has 0 saturated carbocycles. The topological polar surface area (TPSA) is 92.1 Å². The Balaban J connectivity index is 1.86. The molecule has 1 aromatic carbocycles. The van der Waals surface area contributed by atoms with Crippen LogP contribution in [0.4, 0.5) is 8.78 Å². The van der Waals surface area contributed by atoms with E-state index < -0.39 is 34.5 Å². The average molecular weight is 421 g/mol. The number of Topliss-reactive ketones (excluding diaryl/α,β-unsaturated/α-hetero) is 1. The quantitative estimate of drug-likeness (QED) is 0.683. The van der Waals surface area contributed by atoms with Crippen LogP contribution in [0.15, 0.2) is 29.2 Å². The van der Waals surface area contributed by atoms with Gasteiger partial charge in [0, 0.05) is 32.8 Å². The Morgan fingerprint density at radius 2 is 2.00 bits per heavy atom. The molecule has 3 rings (SSSR count). The van der Waals surface area contributed by atoms with Gasteiger partial charge in [-0.3, -0.25) is 19.4 Å². The van der Waals surface area contributed by atoms with Crippen molar-refractivity contribution in [2.24, 2.45) is 0 Å². The van der Waals surface area contributed by atoms with Crippen molar-refractivity contribution in [1.29, 1.82) is 0 Å². The zero-order valence-electron chi connectivity index (χ0n) is 16.5. The summed E-state index contributed by atoms with van der Waals surface area (Å²) in [7, 11) is 3.13. The second kappa shape index (κ2) is 8.72. The number of methoxy groups -OCH3 is 1. The summed E-state index contributed by atoms with van der Waals surface area (Å²) in [6, 6.07) is 3.03. The van der Waals surface area contributed by atoms with Crippen LogP contribution in [0.5, 0.6) is 5.75 Å². The Bertz CT molecular complexity index is 1050. The molecule has 1 aromatic heterocycles. The molecule has 0 atom stereocenters. The molecule has 1 N–H and O–H groups in total. The smallest absolute Gasteiger partial charge is 0.288 e. The summed E-state index contributed by atoms with van der Waals surface area (Å²) in [5.74, 6) is -3.53. The van der Waals surface area contributed by atoms with E-state index in [0.717, 1.165) is 12.1 Å². The van der Waals surface area contributed by atoms with E-state index in [-0.39, 0.29) is 49.5 Å². The van der Waals surface area contributed by atoms with Gasteiger partial charge in [0.25, 0.3) is 5.91 Å². The Morgan fingerprint density at radius 3 is 2.67 bits per heavy atom. The first kappa shape index (κ1) is 21.6. The fraction of sp³-hybridized carbons (Fsp3) is 0.350. The van der Waals surface area contributed by atoms with Crippen LogP contribution in [0, 0.1) is 11.6 Å². The van der Waals surface area contributed by atoms with Crippen molar-refractivity contribution in [1.82, 2.24) is 14.6 Å². The summed E-state index contributed by atoms with van der Waals surface area (Å²) in [6.07, 6.45) is 0.958. The minimum absolute atomic E-state index is 0.0451. The lowest BCUT2D eigenvalue weighted by molar-refractivity contribution is -0.0360. The van der Waals surface area contributed by atoms with Crippen molar-refractivity contribution in [2.75, 3.05) is 27.3 Å². The number of rotatable bonds is 7. The number of hydrogen-bond acceptors (Lipinski definition) is 6. The number of nitrogens with zero attached hydrogens (tertiary/aromatic N) is 3. The summed E-state index contributed by atoms with van der Waals surface area (Å²) in [4.78, 5) is 37.8. The zero-order valence-corrected chi connectivity index (χ0v) is 16.5. The van der Waals surface area contributed by atoms with Gasteiger partial charge >= 0.3 is 0 Å². The second-order valence-corrected chi connectivity index (χ2v) is 6.92. The number of ether oxygens (including phenoxy) is 1. The first-order valence-corrected chi connectivity index (χ1v) is 9.20. The molecule has 0 radical (unpaired) electrons. The van der Waals surface area contributed by atoms with E-state index in [1.807, 2.05) is 0 Å². The molecule has 160 valence electrons. The molecule has 1 amide bonds. The minimum atomic E-state index is -0.963. The van der Waals surface area contributed by atoms with Crippen molar-refractivity contribution in [2.45, 2.75) is 19.5 Å². The summed E-state index contributed by atoms with van der Waals surface area (Å²) < 4.78 is 33.1. The van der Waals surface area contributed by atoms with Crippen LogP contribution in [-0.2, 0) is 17.8 Å². The SMILES string of the molecule is COCCN1C(=O)c2c(O)c(=O)c(C(=O)CCc3ccc(F)cc3F)cn2CN1C. The Kier molecular flexibility index (Phi) is 6.28. The van der Waals surface area contributed by atoms with Crippen molar-refractivity contribution in [3.63, 3.8) is 0 Å². The molecule has 2 heterocycles. The number of hydrazine groups is 1. The number of carbonyl (C=O) groups is 2. The molecule has 0 unspecified atom stereocenters. The van der Waals surface area contributed by atoms with Crippen LogP contribution in [0.1, 0.15) is 32.8 Å². The molecule has 0 aliphatic carbocycles. The fourth-order valence-electron chi connectivity index (χ4n) is 3.32. The van der Waals surface area contributed by atoms with Gasteiger partial charge in [0.05, 0.1) is 25.4 Å². The molecule has 0 fully saturated rings. The molecular weight excluding hydrogens is 400 g/mol. The highest BCUT2D eigenvalue weighted by Gasteiger charge is 2.33. The number of benzene rings is 1. The van der Waals surface area contributed by atoms with Crippen LogP contribution in [0.25, 0.3) is 0 Å². The van der Waals surface area contributed by atoms with Gasteiger partial charge in [0.2, 0.25) is 5.43 Å². The molecule has 0 spiro atoms. The standard InChI is InChI=1S/C20H21F2N3O5/c1-23-11-24-10-14(16(26)6-4-12-3-5-13(21)9-15(12)22)18(27)19(28)17(24)20(29)25(23)7-8-30-2/h3,5,9-10,28H,4,6-8,11H2,1-2H3.